The molecule has 3 rings (SSSR count). The van der Waals surface area contributed by atoms with E-state index in [-0.39, 0.29) is 5.92 Å². The van der Waals surface area contributed by atoms with Crippen LogP contribution in [0.4, 0.5) is 0 Å². The molecule has 2 aromatic rings. The van der Waals surface area contributed by atoms with Crippen molar-refractivity contribution < 1.29 is 12.6 Å². The Bertz CT molecular complexity index is 856. The van der Waals surface area contributed by atoms with Gasteiger partial charge in [-0.3, -0.25) is 4.79 Å². The summed E-state index contributed by atoms with van der Waals surface area (Å²) in [6.45, 7) is 6.43. The van der Waals surface area contributed by atoms with E-state index < -0.39 is 5.97 Å². The molecular formula is C20H25NO2S2. The van der Waals surface area contributed by atoms with Crippen LogP contribution in [0, 0.1) is 19.8 Å². The number of hydrogen-bond acceptors (Lipinski definition) is 4. The van der Waals surface area contributed by atoms with Gasteiger partial charge < -0.3 is 10.0 Å². The number of thiophene rings is 2. The van der Waals surface area contributed by atoms with Gasteiger partial charge in [-0.15, -0.1) is 22.7 Å². The van der Waals surface area contributed by atoms with Crippen molar-refractivity contribution in [3.63, 3.8) is 0 Å². The summed E-state index contributed by atoms with van der Waals surface area (Å²) in [6, 6.07) is 2.41. The van der Waals surface area contributed by atoms with Crippen molar-refractivity contribution in [1.82, 2.24) is 4.90 Å². The first-order valence-corrected chi connectivity index (χ1v) is 10.3. The van der Waals surface area contributed by atoms with Crippen molar-refractivity contribution in [3.05, 3.63) is 49.8 Å². The number of aryl methyl sites for hydroxylation is 1. The van der Waals surface area contributed by atoms with Crippen LogP contribution in [0.25, 0.3) is 5.57 Å². The van der Waals surface area contributed by atoms with Crippen LogP contribution in [0.2, 0.25) is 0 Å². The van der Waals surface area contributed by atoms with Crippen LogP contribution >= 0.6 is 22.7 Å². The summed E-state index contributed by atoms with van der Waals surface area (Å²) in [6.07, 6.45) is 4.75. The Balaban J connectivity index is 1.80. The minimum Gasteiger partial charge on any atom is -0.481 e. The zero-order chi connectivity index (χ0) is 19.6. The van der Waals surface area contributed by atoms with Crippen LogP contribution in [0.1, 0.15) is 42.9 Å². The number of aliphatic carboxylic acids is 1. The van der Waals surface area contributed by atoms with E-state index in [0.717, 1.165) is 48.4 Å². The van der Waals surface area contributed by atoms with E-state index in [1.165, 1.54) is 21.8 Å². The molecule has 1 saturated heterocycles. The maximum absolute atomic E-state index is 11.3. The topological polar surface area (TPSA) is 40.5 Å². The minimum atomic E-state index is -0.690. The predicted molar refractivity (Wildman–Crippen MR) is 107 cm³/mol. The molecule has 1 aliphatic rings. The van der Waals surface area contributed by atoms with Crippen molar-refractivity contribution in [2.24, 2.45) is 5.92 Å². The first kappa shape index (κ1) is 15.8. The van der Waals surface area contributed by atoms with Crippen LogP contribution in [0.15, 0.2) is 28.9 Å². The molecule has 0 amide bonds. The van der Waals surface area contributed by atoms with Gasteiger partial charge in [-0.2, -0.15) is 0 Å². The molecule has 0 aromatic carbocycles. The number of nitrogens with zero attached hydrogens (tertiary/aromatic N) is 1. The molecule has 3 heterocycles. The lowest BCUT2D eigenvalue weighted by atomic mass is 9.98. The number of carboxylic acids is 1. The third-order valence-corrected chi connectivity index (χ3v) is 6.72. The van der Waals surface area contributed by atoms with Crippen molar-refractivity contribution in [2.75, 3.05) is 19.6 Å². The van der Waals surface area contributed by atoms with Crippen molar-refractivity contribution in [1.29, 1.82) is 0 Å². The average Bonchev–Trinajstić information content (AvgIpc) is 3.18. The van der Waals surface area contributed by atoms with Crippen LogP contribution in [-0.4, -0.2) is 35.6 Å². The van der Waals surface area contributed by atoms with E-state index in [4.69, 9.17) is 2.74 Å². The van der Waals surface area contributed by atoms with Crippen molar-refractivity contribution in [2.45, 2.75) is 33.1 Å². The van der Waals surface area contributed by atoms with Gasteiger partial charge in [-0.1, -0.05) is 6.08 Å². The monoisotopic (exact) mass is 377 g/mol. The van der Waals surface area contributed by atoms with Gasteiger partial charge in [0.2, 0.25) is 0 Å². The van der Waals surface area contributed by atoms with E-state index >= 15 is 0 Å². The molecule has 0 unspecified atom stereocenters. The second-order valence-corrected chi connectivity index (χ2v) is 8.33. The molecule has 5 heteroatoms. The Morgan fingerprint density at radius 3 is 2.84 bits per heavy atom. The van der Waals surface area contributed by atoms with E-state index in [9.17, 15) is 9.90 Å². The van der Waals surface area contributed by atoms with Gasteiger partial charge in [0.25, 0.3) is 0 Å². The lowest BCUT2D eigenvalue weighted by molar-refractivity contribution is -0.143. The number of carbonyl (C=O) groups is 1. The third-order valence-electron chi connectivity index (χ3n) is 4.73. The maximum atomic E-state index is 11.3. The second kappa shape index (κ2) is 8.30. The standard InChI is InChI=1S/C20H25NO2S2/c1-14-7-11-24-18(14)17(19-15(2)8-12-25-19)6-4-10-21-9-3-5-16(13-21)20(22)23/h6-8,11-12,16H,3-5,9-10,13H2,1-2H3,(H,22,23)/t16-/m1/s1/i7D,11D/b17-6+. The summed E-state index contributed by atoms with van der Waals surface area (Å²) >= 11 is 3.06. The first-order chi connectivity index (χ1) is 12.9. The summed E-state index contributed by atoms with van der Waals surface area (Å²) in [7, 11) is 0. The number of rotatable bonds is 6. The van der Waals surface area contributed by atoms with E-state index in [0.29, 0.717) is 17.9 Å². The van der Waals surface area contributed by atoms with Gasteiger partial charge in [0, 0.05) is 28.4 Å². The molecule has 1 aliphatic heterocycles. The quantitative estimate of drug-likeness (QED) is 0.766. The maximum Gasteiger partial charge on any atom is 0.307 e. The van der Waals surface area contributed by atoms with E-state index in [2.05, 4.69) is 29.3 Å². The predicted octanol–water partition coefficient (Wildman–Crippen LogP) is 5.04. The van der Waals surface area contributed by atoms with Crippen LogP contribution in [0.5, 0.6) is 0 Å². The molecule has 25 heavy (non-hydrogen) atoms. The Hall–Kier alpha value is -1.43. The summed E-state index contributed by atoms with van der Waals surface area (Å²) < 4.78 is 16.1. The summed E-state index contributed by atoms with van der Waals surface area (Å²) in [4.78, 5) is 15.7. The average molecular weight is 378 g/mol. The summed E-state index contributed by atoms with van der Waals surface area (Å²) in [5.41, 5.74) is 3.19. The Morgan fingerprint density at radius 2 is 2.20 bits per heavy atom. The molecule has 3 nitrogen and oxygen atoms in total. The molecule has 0 bridgehead atoms. The molecule has 0 radical (unpaired) electrons. The molecule has 1 fully saturated rings. The van der Waals surface area contributed by atoms with Gasteiger partial charge in [-0.25, -0.2) is 0 Å². The number of carboxylic acid groups (broad SMARTS) is 1. The first-order valence-electron chi connectivity index (χ1n) is 9.65. The molecular weight excluding hydrogens is 350 g/mol. The van der Waals surface area contributed by atoms with Crippen LogP contribution < -0.4 is 0 Å². The Labute approximate surface area is 160 Å². The molecule has 1 N–H and O–H groups in total. The van der Waals surface area contributed by atoms with Gasteiger partial charge in [-0.05, 0) is 73.6 Å². The highest BCUT2D eigenvalue weighted by atomic mass is 32.1. The van der Waals surface area contributed by atoms with Crippen LogP contribution in [0.3, 0.4) is 0 Å². The molecule has 0 saturated carbocycles. The Kier molecular flexibility index (Phi) is 5.24. The summed E-state index contributed by atoms with van der Waals surface area (Å²) in [5, 5.41) is 11.6. The van der Waals surface area contributed by atoms with Gasteiger partial charge >= 0.3 is 5.97 Å². The highest BCUT2D eigenvalue weighted by Gasteiger charge is 2.24. The molecule has 134 valence electrons. The SMILES string of the molecule is [2H]c1sc(/C(=C\CCN2CCC[C@@H](C(=O)O)C2)c2sccc2C)c(C)c1[2H]. The van der Waals surface area contributed by atoms with E-state index in [1.54, 1.807) is 11.3 Å². The zero-order valence-electron chi connectivity index (χ0n) is 16.7. The molecule has 0 spiro atoms. The van der Waals surface area contributed by atoms with Crippen molar-refractivity contribution in [3.8, 4) is 0 Å². The van der Waals surface area contributed by atoms with Crippen molar-refractivity contribution >= 4 is 34.2 Å². The van der Waals surface area contributed by atoms with Gasteiger partial charge in [0.15, 0.2) is 0 Å². The largest absolute Gasteiger partial charge is 0.481 e. The fourth-order valence-corrected chi connectivity index (χ4v) is 5.18. The normalized spacial score (nSPS) is 20.4. The molecule has 0 aliphatic carbocycles. The van der Waals surface area contributed by atoms with Gasteiger partial charge in [0.1, 0.15) is 0 Å². The molecule has 1 atom stereocenters. The fourth-order valence-electron chi connectivity index (χ4n) is 3.33. The zero-order valence-corrected chi connectivity index (χ0v) is 16.3. The third kappa shape index (κ3) is 4.40. The molecule has 2 aromatic heterocycles. The highest BCUT2D eigenvalue weighted by molar-refractivity contribution is 7.14. The second-order valence-electron chi connectivity index (χ2n) is 6.60. The summed E-state index contributed by atoms with van der Waals surface area (Å²) in [5.74, 6) is -0.941. The highest BCUT2D eigenvalue weighted by Crippen LogP contribution is 2.35. The van der Waals surface area contributed by atoms with E-state index in [1.807, 2.05) is 6.92 Å². The minimum absolute atomic E-state index is 0.252. The fraction of sp³-hybridized carbons (Fsp3) is 0.450. The van der Waals surface area contributed by atoms with Crippen LogP contribution in [-0.2, 0) is 4.79 Å². The van der Waals surface area contributed by atoms with Gasteiger partial charge in [0.05, 0.1) is 8.66 Å². The lowest BCUT2D eigenvalue weighted by Gasteiger charge is -2.30. The number of likely N-dealkylation sites (tertiary alicyclic amines) is 1. The number of piperidine rings is 1. The number of hydrogen-bond donors (Lipinski definition) is 1. The Morgan fingerprint density at radius 1 is 1.40 bits per heavy atom. The smallest absolute Gasteiger partial charge is 0.307 e. The lowest BCUT2D eigenvalue weighted by Crippen LogP contribution is -2.39.